The van der Waals surface area contributed by atoms with Crippen molar-refractivity contribution >= 4 is 16.2 Å². The van der Waals surface area contributed by atoms with Crippen LogP contribution in [0.5, 0.6) is 5.75 Å². The van der Waals surface area contributed by atoms with Crippen LogP contribution >= 0.6 is 0 Å². The first-order valence-electron chi connectivity index (χ1n) is 7.97. The summed E-state index contributed by atoms with van der Waals surface area (Å²) in [5.41, 5.74) is -5.99. The number of piperidine rings is 1. The van der Waals surface area contributed by atoms with Crippen molar-refractivity contribution in [2.45, 2.75) is 24.8 Å². The van der Waals surface area contributed by atoms with Gasteiger partial charge in [-0.2, -0.15) is 21.6 Å². The van der Waals surface area contributed by atoms with Gasteiger partial charge in [-0.1, -0.05) is 19.1 Å². The maximum atomic E-state index is 12.6. The second-order valence-corrected chi connectivity index (χ2v) is 8.24. The minimum Gasteiger partial charge on any atom is -0.497 e. The Bertz CT molecular complexity index is 780. The molecule has 1 aromatic rings. The van der Waals surface area contributed by atoms with Crippen molar-refractivity contribution in [3.05, 3.63) is 29.8 Å². The molecule has 0 aliphatic carbocycles. The molecule has 2 rings (SSSR count). The van der Waals surface area contributed by atoms with Gasteiger partial charge in [-0.25, -0.2) is 4.79 Å². The molecule has 0 saturated carbocycles. The summed E-state index contributed by atoms with van der Waals surface area (Å²) < 4.78 is 69.7. The largest absolute Gasteiger partial charge is 0.523 e. The number of ether oxygens (including phenoxy) is 1. The molecular weight excluding hydrogens is 391 g/mol. The van der Waals surface area contributed by atoms with Crippen molar-refractivity contribution in [1.82, 2.24) is 4.90 Å². The van der Waals surface area contributed by atoms with Gasteiger partial charge < -0.3 is 14.7 Å². The number of carbonyl (C=O) groups is 1. The number of amides is 1. The van der Waals surface area contributed by atoms with Crippen LogP contribution in [-0.2, 0) is 14.3 Å². The van der Waals surface area contributed by atoms with Gasteiger partial charge in [0.25, 0.3) is 0 Å². The van der Waals surface area contributed by atoms with Crippen LogP contribution < -0.4 is 4.74 Å². The second kappa shape index (κ2) is 7.55. The van der Waals surface area contributed by atoms with Gasteiger partial charge in [0.15, 0.2) is 0 Å². The van der Waals surface area contributed by atoms with E-state index in [2.05, 4.69) is 4.18 Å². The van der Waals surface area contributed by atoms with E-state index in [1.54, 1.807) is 24.3 Å². The van der Waals surface area contributed by atoms with E-state index >= 15 is 0 Å². The first kappa shape index (κ1) is 21.3. The van der Waals surface area contributed by atoms with Gasteiger partial charge in [-0.05, 0) is 30.0 Å². The number of hydrogen-bond donors (Lipinski definition) is 1. The number of nitrogens with zero attached hydrogens (tertiary/aromatic N) is 1. The predicted molar refractivity (Wildman–Crippen MR) is 89.0 cm³/mol. The second-order valence-electron chi connectivity index (χ2n) is 6.63. The number of benzene rings is 1. The molecule has 0 radical (unpaired) electrons. The number of halogens is 3. The molecule has 0 unspecified atom stereocenters. The molecule has 7 nitrogen and oxygen atoms in total. The van der Waals surface area contributed by atoms with E-state index in [1.165, 1.54) is 14.0 Å². The summed E-state index contributed by atoms with van der Waals surface area (Å²) in [6, 6.07) is 6.78. The summed E-state index contributed by atoms with van der Waals surface area (Å²) in [4.78, 5) is 12.3. The summed E-state index contributed by atoms with van der Waals surface area (Å²) in [5, 5.41) is 9.22. The fourth-order valence-corrected chi connectivity index (χ4v) is 3.81. The van der Waals surface area contributed by atoms with Crippen LogP contribution in [0.4, 0.5) is 18.0 Å². The SMILES string of the molecule is COc1ccc([C@@H]2CCN(C(=O)O)C[C@]2(C)COS(=O)(=O)C(F)(F)F)cc1. The van der Waals surface area contributed by atoms with Crippen molar-refractivity contribution in [2.75, 3.05) is 26.8 Å². The monoisotopic (exact) mass is 411 g/mol. The molecule has 1 N–H and O–H groups in total. The smallest absolute Gasteiger partial charge is 0.497 e. The lowest BCUT2D eigenvalue weighted by molar-refractivity contribution is -0.0587. The van der Waals surface area contributed by atoms with Gasteiger partial charge in [0.1, 0.15) is 5.75 Å². The Hall–Kier alpha value is -2.01. The third-order valence-corrected chi connectivity index (χ3v) is 5.69. The van der Waals surface area contributed by atoms with Crippen LogP contribution in [-0.4, -0.2) is 56.8 Å². The molecule has 1 aliphatic rings. The molecular formula is C16H20F3NO6S. The summed E-state index contributed by atoms with van der Waals surface area (Å²) in [6.07, 6.45) is -0.919. The van der Waals surface area contributed by atoms with E-state index in [0.717, 1.165) is 10.5 Å². The molecule has 1 aromatic carbocycles. The third kappa shape index (κ3) is 4.64. The summed E-state index contributed by atoms with van der Waals surface area (Å²) >= 11 is 0. The molecule has 11 heteroatoms. The highest BCUT2D eigenvalue weighted by molar-refractivity contribution is 7.87. The number of hydrogen-bond acceptors (Lipinski definition) is 5. The average Bonchev–Trinajstić information content (AvgIpc) is 2.59. The van der Waals surface area contributed by atoms with Gasteiger partial charge in [0.05, 0.1) is 13.7 Å². The molecule has 1 aliphatic heterocycles. The Morgan fingerprint density at radius 3 is 2.41 bits per heavy atom. The maximum absolute atomic E-state index is 12.6. The number of carboxylic acid groups (broad SMARTS) is 1. The standard InChI is InChI=1S/C16H20F3NO6S/c1-15(10-26-27(23,24)16(17,18)19)9-20(14(21)22)8-7-13(15)11-3-5-12(25-2)6-4-11/h3-6,13H,7-10H2,1-2H3,(H,21,22)/t13-,15+/m0/s1. The van der Waals surface area contributed by atoms with Crippen LogP contribution in [0.25, 0.3) is 0 Å². The van der Waals surface area contributed by atoms with Gasteiger partial charge >= 0.3 is 21.7 Å². The first-order valence-corrected chi connectivity index (χ1v) is 9.38. The Balaban J connectivity index is 2.31. The lowest BCUT2D eigenvalue weighted by atomic mass is 9.69. The van der Waals surface area contributed by atoms with Crippen molar-refractivity contribution < 1.29 is 40.4 Å². The maximum Gasteiger partial charge on any atom is 0.523 e. The van der Waals surface area contributed by atoms with Crippen LogP contribution in [0.15, 0.2) is 24.3 Å². The molecule has 0 bridgehead atoms. The van der Waals surface area contributed by atoms with Crippen LogP contribution in [0.3, 0.4) is 0 Å². The molecule has 27 heavy (non-hydrogen) atoms. The molecule has 0 aromatic heterocycles. The van der Waals surface area contributed by atoms with Crippen molar-refractivity contribution in [2.24, 2.45) is 5.41 Å². The number of alkyl halides is 3. The van der Waals surface area contributed by atoms with E-state index in [1.807, 2.05) is 0 Å². The quantitative estimate of drug-likeness (QED) is 0.591. The van der Waals surface area contributed by atoms with E-state index in [9.17, 15) is 31.5 Å². The lowest BCUT2D eigenvalue weighted by Gasteiger charge is -2.45. The molecule has 1 saturated heterocycles. The van der Waals surface area contributed by atoms with Gasteiger partial charge in [-0.15, -0.1) is 0 Å². The predicted octanol–water partition coefficient (Wildman–Crippen LogP) is 3.04. The Kier molecular flexibility index (Phi) is 5.95. The normalized spacial score (nSPS) is 23.9. The van der Waals surface area contributed by atoms with Crippen LogP contribution in [0.2, 0.25) is 0 Å². The fourth-order valence-electron chi connectivity index (χ4n) is 3.25. The van der Waals surface area contributed by atoms with E-state index in [-0.39, 0.29) is 13.1 Å². The molecule has 2 atom stereocenters. The lowest BCUT2D eigenvalue weighted by Crippen LogP contribution is -2.50. The van der Waals surface area contributed by atoms with Crippen LogP contribution in [0.1, 0.15) is 24.8 Å². The zero-order valence-corrected chi connectivity index (χ0v) is 15.5. The summed E-state index contributed by atoms with van der Waals surface area (Å²) in [7, 11) is -4.29. The van der Waals surface area contributed by atoms with Crippen molar-refractivity contribution in [1.29, 1.82) is 0 Å². The van der Waals surface area contributed by atoms with E-state index < -0.39 is 39.7 Å². The Morgan fingerprint density at radius 1 is 1.33 bits per heavy atom. The van der Waals surface area contributed by atoms with Gasteiger partial charge in [0.2, 0.25) is 0 Å². The fraction of sp³-hybridized carbons (Fsp3) is 0.562. The topological polar surface area (TPSA) is 93.1 Å². The highest BCUT2D eigenvalue weighted by atomic mass is 32.2. The summed E-state index contributed by atoms with van der Waals surface area (Å²) in [6.45, 7) is 0.734. The van der Waals surface area contributed by atoms with Gasteiger partial charge in [-0.3, -0.25) is 4.18 Å². The van der Waals surface area contributed by atoms with E-state index in [0.29, 0.717) is 12.2 Å². The highest BCUT2D eigenvalue weighted by Crippen LogP contribution is 2.44. The molecule has 1 amide bonds. The van der Waals surface area contributed by atoms with Crippen molar-refractivity contribution in [3.8, 4) is 5.75 Å². The zero-order chi connectivity index (χ0) is 20.5. The van der Waals surface area contributed by atoms with Gasteiger partial charge in [0, 0.05) is 18.5 Å². The average molecular weight is 411 g/mol. The first-order chi connectivity index (χ1) is 12.4. The molecule has 152 valence electrons. The van der Waals surface area contributed by atoms with Crippen LogP contribution in [0, 0.1) is 5.41 Å². The number of rotatable bonds is 5. The third-order valence-electron chi connectivity index (χ3n) is 4.70. The highest BCUT2D eigenvalue weighted by Gasteiger charge is 2.50. The number of methoxy groups -OCH3 is 1. The van der Waals surface area contributed by atoms with E-state index in [4.69, 9.17) is 4.74 Å². The summed E-state index contributed by atoms with van der Waals surface area (Å²) in [5.74, 6) is 0.182. The number of likely N-dealkylation sites (tertiary alicyclic amines) is 1. The Labute approximate surface area is 154 Å². The zero-order valence-electron chi connectivity index (χ0n) is 14.7. The molecule has 1 heterocycles. The minimum absolute atomic E-state index is 0.160. The molecule has 1 fully saturated rings. The molecule has 0 spiro atoms. The van der Waals surface area contributed by atoms with Crippen molar-refractivity contribution in [3.63, 3.8) is 0 Å². The minimum atomic E-state index is -5.78. The Morgan fingerprint density at radius 2 is 1.93 bits per heavy atom.